The first-order valence-corrected chi connectivity index (χ1v) is 5.89. The fraction of sp³-hybridized carbons (Fsp3) is 0.846. The monoisotopic (exact) mass is 196 g/mol. The van der Waals surface area contributed by atoms with Gasteiger partial charge in [-0.05, 0) is 51.4 Å². The Kier molecular flexibility index (Phi) is 4.18. The first kappa shape index (κ1) is 11.8. The summed E-state index contributed by atoms with van der Waals surface area (Å²) in [7, 11) is 0. The minimum atomic E-state index is -0.0825. The van der Waals surface area contributed by atoms with Crippen molar-refractivity contribution in [2.24, 2.45) is 5.41 Å². The highest BCUT2D eigenvalue weighted by Crippen LogP contribution is 2.48. The zero-order valence-electron chi connectivity index (χ0n) is 9.84. The van der Waals surface area contributed by atoms with E-state index in [2.05, 4.69) is 26.8 Å². The molecule has 1 atom stereocenters. The third-order valence-electron chi connectivity index (χ3n) is 3.50. The van der Waals surface area contributed by atoms with E-state index in [0.717, 1.165) is 12.8 Å². The summed E-state index contributed by atoms with van der Waals surface area (Å²) in [5.74, 6) is 0. The molecule has 1 fully saturated rings. The van der Waals surface area contributed by atoms with Crippen molar-refractivity contribution in [2.45, 2.75) is 65.4 Å². The summed E-state index contributed by atoms with van der Waals surface area (Å²) in [4.78, 5) is 0. The lowest BCUT2D eigenvalue weighted by atomic mass is 9.63. The molecule has 1 nitrogen and oxygen atoms in total. The van der Waals surface area contributed by atoms with Crippen LogP contribution in [-0.2, 0) is 0 Å². The number of aliphatic hydroxyl groups is 1. The molecular weight excluding hydrogens is 172 g/mol. The summed E-state index contributed by atoms with van der Waals surface area (Å²) in [6, 6.07) is 0. The quantitative estimate of drug-likeness (QED) is 0.665. The van der Waals surface area contributed by atoms with Crippen molar-refractivity contribution in [2.75, 3.05) is 0 Å². The molecule has 0 aromatic carbocycles. The van der Waals surface area contributed by atoms with E-state index in [0.29, 0.717) is 5.41 Å². The fourth-order valence-corrected chi connectivity index (χ4v) is 2.23. The lowest BCUT2D eigenvalue weighted by Gasteiger charge is -2.43. The molecule has 1 aliphatic carbocycles. The van der Waals surface area contributed by atoms with E-state index < -0.39 is 0 Å². The molecule has 1 rings (SSSR count). The van der Waals surface area contributed by atoms with Gasteiger partial charge in [0.05, 0.1) is 6.10 Å². The Labute approximate surface area is 88.2 Å². The van der Waals surface area contributed by atoms with Gasteiger partial charge in [0.1, 0.15) is 0 Å². The van der Waals surface area contributed by atoms with Gasteiger partial charge in [-0.1, -0.05) is 25.0 Å². The van der Waals surface area contributed by atoms with E-state index in [1.165, 1.54) is 31.3 Å². The lowest BCUT2D eigenvalue weighted by molar-refractivity contribution is 0.0408. The van der Waals surface area contributed by atoms with Crippen molar-refractivity contribution in [3.63, 3.8) is 0 Å². The SMILES string of the molecule is CCC(O)CC1(CC=C(C)C)CCC1. The fourth-order valence-electron chi connectivity index (χ4n) is 2.23. The molecule has 0 aromatic heterocycles. The molecule has 0 aliphatic heterocycles. The molecule has 0 radical (unpaired) electrons. The zero-order valence-corrected chi connectivity index (χ0v) is 9.84. The molecule has 0 heterocycles. The van der Waals surface area contributed by atoms with Gasteiger partial charge in [0.2, 0.25) is 0 Å². The third-order valence-corrected chi connectivity index (χ3v) is 3.50. The summed E-state index contributed by atoms with van der Waals surface area (Å²) in [5.41, 5.74) is 1.86. The normalized spacial score (nSPS) is 21.1. The Balaban J connectivity index is 2.45. The van der Waals surface area contributed by atoms with Gasteiger partial charge in [0.25, 0.3) is 0 Å². The maximum Gasteiger partial charge on any atom is 0.0543 e. The van der Waals surface area contributed by atoms with Crippen molar-refractivity contribution in [3.05, 3.63) is 11.6 Å². The average molecular weight is 196 g/mol. The van der Waals surface area contributed by atoms with Gasteiger partial charge in [-0.25, -0.2) is 0 Å². The van der Waals surface area contributed by atoms with E-state index in [4.69, 9.17) is 0 Å². The van der Waals surface area contributed by atoms with Gasteiger partial charge in [0, 0.05) is 0 Å². The second kappa shape index (κ2) is 4.97. The minimum absolute atomic E-state index is 0.0825. The maximum atomic E-state index is 9.70. The van der Waals surface area contributed by atoms with Crippen LogP contribution in [0.15, 0.2) is 11.6 Å². The smallest absolute Gasteiger partial charge is 0.0543 e. The molecule has 0 saturated heterocycles. The van der Waals surface area contributed by atoms with E-state index >= 15 is 0 Å². The van der Waals surface area contributed by atoms with Crippen LogP contribution in [0, 0.1) is 5.41 Å². The van der Waals surface area contributed by atoms with Gasteiger partial charge in [0.15, 0.2) is 0 Å². The van der Waals surface area contributed by atoms with Crippen LogP contribution in [0.3, 0.4) is 0 Å². The second-order valence-corrected chi connectivity index (χ2v) is 5.11. The van der Waals surface area contributed by atoms with Crippen LogP contribution < -0.4 is 0 Å². The first-order valence-electron chi connectivity index (χ1n) is 5.89. The molecule has 1 aliphatic rings. The Morgan fingerprint density at radius 3 is 2.43 bits per heavy atom. The van der Waals surface area contributed by atoms with Crippen LogP contribution in [0.25, 0.3) is 0 Å². The number of rotatable bonds is 5. The van der Waals surface area contributed by atoms with Crippen LogP contribution in [0.2, 0.25) is 0 Å². The molecule has 0 spiro atoms. The summed E-state index contributed by atoms with van der Waals surface area (Å²) in [5, 5.41) is 9.70. The van der Waals surface area contributed by atoms with E-state index in [1.54, 1.807) is 0 Å². The summed E-state index contributed by atoms with van der Waals surface area (Å²) >= 11 is 0. The number of aliphatic hydroxyl groups excluding tert-OH is 1. The number of allylic oxidation sites excluding steroid dienone is 2. The minimum Gasteiger partial charge on any atom is -0.393 e. The van der Waals surface area contributed by atoms with E-state index in [1.807, 2.05) is 0 Å². The molecule has 1 heteroatoms. The molecule has 0 aromatic rings. The average Bonchev–Trinajstić information content (AvgIpc) is 2.08. The molecule has 14 heavy (non-hydrogen) atoms. The molecule has 0 amide bonds. The van der Waals surface area contributed by atoms with Crippen LogP contribution in [0.1, 0.15) is 59.3 Å². The highest BCUT2D eigenvalue weighted by molar-refractivity contribution is 5.01. The Morgan fingerprint density at radius 1 is 1.43 bits per heavy atom. The van der Waals surface area contributed by atoms with Crippen molar-refractivity contribution >= 4 is 0 Å². The van der Waals surface area contributed by atoms with Gasteiger partial charge in [-0.2, -0.15) is 0 Å². The van der Waals surface area contributed by atoms with Crippen molar-refractivity contribution in [3.8, 4) is 0 Å². The van der Waals surface area contributed by atoms with E-state index in [-0.39, 0.29) is 6.10 Å². The van der Waals surface area contributed by atoms with Crippen molar-refractivity contribution in [1.29, 1.82) is 0 Å². The van der Waals surface area contributed by atoms with Crippen LogP contribution in [0.4, 0.5) is 0 Å². The largest absolute Gasteiger partial charge is 0.393 e. The highest BCUT2D eigenvalue weighted by Gasteiger charge is 2.36. The molecule has 0 bridgehead atoms. The predicted molar refractivity (Wildman–Crippen MR) is 61.2 cm³/mol. The standard InChI is InChI=1S/C13H24O/c1-4-12(14)10-13(7-5-8-13)9-6-11(2)3/h6,12,14H,4-5,7-10H2,1-3H3. The van der Waals surface area contributed by atoms with Crippen molar-refractivity contribution in [1.82, 2.24) is 0 Å². The molecule has 82 valence electrons. The predicted octanol–water partition coefficient (Wildman–Crippen LogP) is 3.67. The molecule has 1 N–H and O–H groups in total. The topological polar surface area (TPSA) is 20.2 Å². The summed E-state index contributed by atoms with van der Waals surface area (Å²) in [6.45, 7) is 6.38. The summed E-state index contributed by atoms with van der Waals surface area (Å²) < 4.78 is 0. The molecular formula is C13H24O. The first-order chi connectivity index (χ1) is 6.58. The van der Waals surface area contributed by atoms with Gasteiger partial charge < -0.3 is 5.11 Å². The van der Waals surface area contributed by atoms with Gasteiger partial charge >= 0.3 is 0 Å². The van der Waals surface area contributed by atoms with Gasteiger partial charge in [-0.15, -0.1) is 0 Å². The Morgan fingerprint density at radius 2 is 2.07 bits per heavy atom. The molecule has 1 unspecified atom stereocenters. The van der Waals surface area contributed by atoms with Gasteiger partial charge in [-0.3, -0.25) is 0 Å². The second-order valence-electron chi connectivity index (χ2n) is 5.11. The zero-order chi connectivity index (χ0) is 10.6. The van der Waals surface area contributed by atoms with Crippen LogP contribution in [0.5, 0.6) is 0 Å². The maximum absolute atomic E-state index is 9.70. The number of hydrogen-bond donors (Lipinski definition) is 1. The lowest BCUT2D eigenvalue weighted by Crippen LogP contribution is -2.33. The van der Waals surface area contributed by atoms with E-state index in [9.17, 15) is 5.11 Å². The summed E-state index contributed by atoms with van der Waals surface area (Å²) in [6.07, 6.45) is 9.31. The van der Waals surface area contributed by atoms with Crippen LogP contribution >= 0.6 is 0 Å². The highest BCUT2D eigenvalue weighted by atomic mass is 16.3. The Bertz CT molecular complexity index is 197. The van der Waals surface area contributed by atoms with Crippen molar-refractivity contribution < 1.29 is 5.11 Å². The molecule has 1 saturated carbocycles. The number of hydrogen-bond acceptors (Lipinski definition) is 1. The third kappa shape index (κ3) is 3.13. The Hall–Kier alpha value is -0.300. The van der Waals surface area contributed by atoms with Crippen LogP contribution in [-0.4, -0.2) is 11.2 Å².